The van der Waals surface area contributed by atoms with Gasteiger partial charge in [-0.2, -0.15) is 0 Å². The van der Waals surface area contributed by atoms with Crippen LogP contribution in [0.5, 0.6) is 0 Å². The van der Waals surface area contributed by atoms with Gasteiger partial charge in [-0.3, -0.25) is 0 Å². The maximum absolute atomic E-state index is 8.84. The van der Waals surface area contributed by atoms with E-state index < -0.39 is 0 Å². The first-order valence-electron chi connectivity index (χ1n) is 5.83. The molecule has 14 heavy (non-hydrogen) atoms. The maximum Gasteiger partial charge on any atom is 0.0558 e. The van der Waals surface area contributed by atoms with Crippen LogP contribution in [-0.4, -0.2) is 60.8 Å². The monoisotopic (exact) mass is 198 g/mol. The predicted molar refractivity (Wildman–Crippen MR) is 57.3 cm³/mol. The van der Waals surface area contributed by atoms with Crippen molar-refractivity contribution in [1.29, 1.82) is 0 Å². The zero-order chi connectivity index (χ0) is 9.97. The lowest BCUT2D eigenvalue weighted by molar-refractivity contribution is 0.209. The van der Waals surface area contributed by atoms with Crippen LogP contribution in [0.3, 0.4) is 0 Å². The van der Waals surface area contributed by atoms with Gasteiger partial charge in [0.1, 0.15) is 0 Å². The van der Waals surface area contributed by atoms with Crippen LogP contribution in [0.15, 0.2) is 0 Å². The third-order valence-electron chi connectivity index (χ3n) is 3.50. The van der Waals surface area contributed by atoms with E-state index in [2.05, 4.69) is 16.8 Å². The molecule has 1 N–H and O–H groups in total. The average Bonchev–Trinajstić information content (AvgIpc) is 2.92. The van der Waals surface area contributed by atoms with Crippen LogP contribution in [-0.2, 0) is 0 Å². The first-order chi connectivity index (χ1) is 6.79. The summed E-state index contributed by atoms with van der Waals surface area (Å²) >= 11 is 0. The van der Waals surface area contributed by atoms with E-state index in [1.807, 2.05) is 0 Å². The van der Waals surface area contributed by atoms with Gasteiger partial charge in [0.2, 0.25) is 0 Å². The topological polar surface area (TPSA) is 26.7 Å². The molecule has 0 radical (unpaired) electrons. The van der Waals surface area contributed by atoms with E-state index in [0.29, 0.717) is 6.61 Å². The van der Waals surface area contributed by atoms with Gasteiger partial charge in [0.15, 0.2) is 0 Å². The van der Waals surface area contributed by atoms with Gasteiger partial charge in [-0.25, -0.2) is 0 Å². The number of β-amino-alcohol motifs (C(OH)–C–C–N with tert-alkyl or cyclic N) is 1. The van der Waals surface area contributed by atoms with Gasteiger partial charge < -0.3 is 14.9 Å². The van der Waals surface area contributed by atoms with E-state index in [0.717, 1.165) is 18.5 Å². The Labute approximate surface area is 86.7 Å². The van der Waals surface area contributed by atoms with E-state index in [4.69, 9.17) is 5.11 Å². The lowest BCUT2D eigenvalue weighted by atomic mass is 10.1. The molecule has 3 nitrogen and oxygen atoms in total. The van der Waals surface area contributed by atoms with Crippen LogP contribution in [0.2, 0.25) is 0 Å². The van der Waals surface area contributed by atoms with Crippen LogP contribution in [0.25, 0.3) is 0 Å². The van der Waals surface area contributed by atoms with Crippen molar-refractivity contribution < 1.29 is 5.11 Å². The summed E-state index contributed by atoms with van der Waals surface area (Å²) in [7, 11) is 2.26. The summed E-state index contributed by atoms with van der Waals surface area (Å²) in [5.74, 6) is 0.840. The minimum absolute atomic E-state index is 0.311. The van der Waals surface area contributed by atoms with Crippen LogP contribution in [0.4, 0.5) is 0 Å². The Morgan fingerprint density at radius 1 is 1.36 bits per heavy atom. The number of likely N-dealkylation sites (tertiary alicyclic amines) is 1. The normalized spacial score (nSPS) is 28.9. The molecule has 1 unspecified atom stereocenters. The lowest BCUT2D eigenvalue weighted by Crippen LogP contribution is -2.30. The van der Waals surface area contributed by atoms with Gasteiger partial charge in [0.05, 0.1) is 6.61 Å². The van der Waals surface area contributed by atoms with Crippen molar-refractivity contribution in [3.63, 3.8) is 0 Å². The minimum Gasteiger partial charge on any atom is -0.395 e. The molecule has 1 atom stereocenters. The summed E-state index contributed by atoms with van der Waals surface area (Å²) in [4.78, 5) is 4.90. The van der Waals surface area contributed by atoms with Gasteiger partial charge in [0.25, 0.3) is 0 Å². The second-order valence-corrected chi connectivity index (χ2v) is 4.85. The molecule has 0 bridgehead atoms. The zero-order valence-electron chi connectivity index (χ0n) is 9.15. The lowest BCUT2D eigenvalue weighted by Gasteiger charge is -2.20. The molecule has 0 spiro atoms. The fraction of sp³-hybridized carbons (Fsp3) is 1.00. The molecule has 2 aliphatic rings. The molecule has 2 rings (SSSR count). The van der Waals surface area contributed by atoms with E-state index in [1.54, 1.807) is 0 Å². The molecule has 1 aliphatic carbocycles. The highest BCUT2D eigenvalue weighted by atomic mass is 16.3. The molecule has 1 aliphatic heterocycles. The summed E-state index contributed by atoms with van der Waals surface area (Å²) in [6.45, 7) is 4.81. The first kappa shape index (κ1) is 10.4. The molecule has 1 saturated carbocycles. The van der Waals surface area contributed by atoms with Gasteiger partial charge in [-0.1, -0.05) is 0 Å². The Hall–Kier alpha value is -0.120. The molecule has 0 aromatic carbocycles. The van der Waals surface area contributed by atoms with Crippen LogP contribution >= 0.6 is 0 Å². The summed E-state index contributed by atoms with van der Waals surface area (Å²) < 4.78 is 0. The fourth-order valence-electron chi connectivity index (χ4n) is 2.48. The van der Waals surface area contributed by atoms with Crippen molar-refractivity contribution in [2.24, 2.45) is 5.92 Å². The third kappa shape index (κ3) is 2.69. The molecule has 0 aromatic heterocycles. The number of hydrogen-bond acceptors (Lipinski definition) is 3. The molecule has 82 valence electrons. The first-order valence-corrected chi connectivity index (χ1v) is 5.83. The van der Waals surface area contributed by atoms with Crippen molar-refractivity contribution >= 4 is 0 Å². The number of nitrogens with zero attached hydrogens (tertiary/aromatic N) is 2. The molecule has 3 heteroatoms. The summed E-state index contributed by atoms with van der Waals surface area (Å²) in [5, 5.41) is 8.84. The summed E-state index contributed by atoms with van der Waals surface area (Å²) in [6, 6.07) is 0.891. The highest BCUT2D eigenvalue weighted by Gasteiger charge is 2.30. The van der Waals surface area contributed by atoms with E-state index in [9.17, 15) is 0 Å². The standard InChI is InChI=1S/C11H22N2O/c1-12(11-2-3-11)8-10-4-5-13(9-10)6-7-14/h10-11,14H,2-9H2,1H3. The van der Waals surface area contributed by atoms with Crippen molar-refractivity contribution in [1.82, 2.24) is 9.80 Å². The fourth-order valence-corrected chi connectivity index (χ4v) is 2.48. The second-order valence-electron chi connectivity index (χ2n) is 4.85. The average molecular weight is 198 g/mol. The van der Waals surface area contributed by atoms with Crippen molar-refractivity contribution in [3.05, 3.63) is 0 Å². The number of aliphatic hydroxyl groups is 1. The molecule has 1 saturated heterocycles. The van der Waals surface area contributed by atoms with Gasteiger partial charge in [-0.05, 0) is 38.8 Å². The largest absolute Gasteiger partial charge is 0.395 e. The molecular formula is C11H22N2O. The van der Waals surface area contributed by atoms with Crippen molar-refractivity contribution in [2.45, 2.75) is 25.3 Å². The van der Waals surface area contributed by atoms with Crippen LogP contribution in [0, 0.1) is 5.92 Å². The highest BCUT2D eigenvalue weighted by molar-refractivity contribution is 4.85. The molecule has 1 heterocycles. The van der Waals surface area contributed by atoms with Crippen LogP contribution in [0.1, 0.15) is 19.3 Å². The SMILES string of the molecule is CN(CC1CCN(CCO)C1)C1CC1. The second kappa shape index (κ2) is 4.60. The zero-order valence-corrected chi connectivity index (χ0v) is 9.15. The number of rotatable bonds is 5. The smallest absolute Gasteiger partial charge is 0.0558 e. The molecule has 0 amide bonds. The molecule has 2 fully saturated rings. The van der Waals surface area contributed by atoms with E-state index >= 15 is 0 Å². The van der Waals surface area contributed by atoms with Crippen molar-refractivity contribution in [2.75, 3.05) is 39.8 Å². The summed E-state index contributed by atoms with van der Waals surface area (Å²) in [5.41, 5.74) is 0. The van der Waals surface area contributed by atoms with E-state index in [-0.39, 0.29) is 0 Å². The van der Waals surface area contributed by atoms with Gasteiger partial charge in [-0.15, -0.1) is 0 Å². The number of hydrogen-bond donors (Lipinski definition) is 1. The highest BCUT2D eigenvalue weighted by Crippen LogP contribution is 2.27. The predicted octanol–water partition coefficient (Wildman–Crippen LogP) is 0.395. The maximum atomic E-state index is 8.84. The third-order valence-corrected chi connectivity index (χ3v) is 3.50. The minimum atomic E-state index is 0.311. The Morgan fingerprint density at radius 2 is 2.14 bits per heavy atom. The molecule has 0 aromatic rings. The number of aliphatic hydroxyl groups excluding tert-OH is 1. The van der Waals surface area contributed by atoms with E-state index in [1.165, 1.54) is 38.9 Å². The Balaban J connectivity index is 1.67. The Kier molecular flexibility index (Phi) is 3.42. The Morgan fingerprint density at radius 3 is 2.79 bits per heavy atom. The molecular weight excluding hydrogens is 176 g/mol. The quantitative estimate of drug-likeness (QED) is 0.692. The summed E-state index contributed by atoms with van der Waals surface area (Å²) in [6.07, 6.45) is 4.13. The van der Waals surface area contributed by atoms with Gasteiger partial charge >= 0.3 is 0 Å². The Bertz CT molecular complexity index is 182. The van der Waals surface area contributed by atoms with Crippen LogP contribution < -0.4 is 0 Å². The van der Waals surface area contributed by atoms with Gasteiger partial charge in [0, 0.05) is 25.7 Å². The van der Waals surface area contributed by atoms with Crippen molar-refractivity contribution in [3.8, 4) is 0 Å².